The van der Waals surface area contributed by atoms with Crippen molar-refractivity contribution in [3.05, 3.63) is 46.1 Å². The van der Waals surface area contributed by atoms with E-state index in [0.29, 0.717) is 11.1 Å². The zero-order valence-corrected chi connectivity index (χ0v) is 11.7. The second-order valence-corrected chi connectivity index (χ2v) is 4.31. The van der Waals surface area contributed by atoms with Crippen LogP contribution in [0, 0.1) is 0 Å². The highest BCUT2D eigenvalue weighted by atomic mass is 16.5. The highest BCUT2D eigenvalue weighted by molar-refractivity contribution is 6.34. The lowest BCUT2D eigenvalue weighted by molar-refractivity contribution is -0.153. The van der Waals surface area contributed by atoms with Crippen LogP contribution in [0.3, 0.4) is 0 Å². The number of Topliss-reactive ketones (excluding diaryl/α,β-unsaturated/α-hetero) is 1. The Kier molecular flexibility index (Phi) is 4.67. The van der Waals surface area contributed by atoms with E-state index < -0.39 is 29.6 Å². The van der Waals surface area contributed by atoms with Crippen LogP contribution < -0.4 is 5.63 Å². The predicted molar refractivity (Wildman–Crippen MR) is 77.1 cm³/mol. The fourth-order valence-electron chi connectivity index (χ4n) is 1.71. The summed E-state index contributed by atoms with van der Waals surface area (Å²) in [5, 5.41) is 9.70. The quantitative estimate of drug-likeness (QED) is 0.508. The van der Waals surface area contributed by atoms with Gasteiger partial charge >= 0.3 is 11.6 Å². The Labute approximate surface area is 124 Å². The number of ether oxygens (including phenoxy) is 1. The predicted octanol–water partition coefficient (Wildman–Crippen LogP) is 1.61. The van der Waals surface area contributed by atoms with Crippen LogP contribution in [0.15, 0.2) is 39.2 Å². The number of carbonyl (C=O) groups excluding carboxylic acids is 2. The minimum Gasteiger partial charge on any atom is -0.512 e. The van der Waals surface area contributed by atoms with Crippen molar-refractivity contribution < 1.29 is 23.8 Å². The molecule has 0 atom stereocenters. The molecule has 0 aliphatic rings. The second-order valence-electron chi connectivity index (χ2n) is 4.31. The summed E-state index contributed by atoms with van der Waals surface area (Å²) in [4.78, 5) is 38.4. The van der Waals surface area contributed by atoms with Gasteiger partial charge in [0.05, 0.1) is 13.0 Å². The number of aliphatic hydroxyl groups excluding tert-OH is 1. The molecule has 0 aliphatic carbocycles. The number of benzene rings is 1. The number of hydrogen-bond acceptors (Lipinski definition) is 7. The third-order valence-electron chi connectivity index (χ3n) is 2.67. The number of nitrogens with zero attached hydrogens (tertiary/aromatic N) is 1. The van der Waals surface area contributed by atoms with Gasteiger partial charge in [-0.15, -0.1) is 0 Å². The Morgan fingerprint density at radius 1 is 1.36 bits per heavy atom. The number of fused-ring (bicyclic) bond motifs is 1. The maximum absolute atomic E-state index is 11.7. The first-order chi connectivity index (χ1) is 10.5. The van der Waals surface area contributed by atoms with Crippen molar-refractivity contribution in [1.82, 2.24) is 4.98 Å². The summed E-state index contributed by atoms with van der Waals surface area (Å²) in [6.07, 6.45) is 0.419. The zero-order valence-electron chi connectivity index (χ0n) is 11.7. The van der Waals surface area contributed by atoms with Crippen molar-refractivity contribution in [2.45, 2.75) is 13.3 Å². The van der Waals surface area contributed by atoms with Crippen molar-refractivity contribution in [2.24, 2.45) is 0 Å². The monoisotopic (exact) mass is 303 g/mol. The number of para-hydroxylation sites is 2. The molecule has 1 N–H and O–H groups in total. The summed E-state index contributed by atoms with van der Waals surface area (Å²) in [6, 6.07) is 6.63. The van der Waals surface area contributed by atoms with E-state index in [0.717, 1.165) is 6.08 Å². The number of allylic oxidation sites excluding steroid dienone is 1. The Morgan fingerprint density at radius 3 is 2.82 bits per heavy atom. The maximum Gasteiger partial charge on any atom is 0.375 e. The number of aliphatic hydroxyl groups is 1. The van der Waals surface area contributed by atoms with Crippen LogP contribution in [0.1, 0.15) is 19.0 Å². The smallest absolute Gasteiger partial charge is 0.375 e. The van der Waals surface area contributed by atoms with Crippen molar-refractivity contribution >= 4 is 28.9 Å². The lowest BCUT2D eigenvalue weighted by Crippen LogP contribution is -2.17. The Hall–Kier alpha value is -2.96. The SMILES string of the molecule is CCOC(=O)C(=O)C/C(O)=C/c1nc2ccccc2oc1=O. The average molecular weight is 303 g/mol. The van der Waals surface area contributed by atoms with Gasteiger partial charge in [0, 0.05) is 6.08 Å². The molecule has 2 rings (SSSR count). The lowest BCUT2D eigenvalue weighted by atomic mass is 10.2. The first-order valence-electron chi connectivity index (χ1n) is 6.50. The van der Waals surface area contributed by atoms with Gasteiger partial charge in [0.1, 0.15) is 11.3 Å². The molecule has 7 nitrogen and oxygen atoms in total. The fraction of sp³-hybridized carbons (Fsp3) is 0.200. The van der Waals surface area contributed by atoms with Gasteiger partial charge in [-0.25, -0.2) is 14.6 Å². The Morgan fingerprint density at radius 2 is 2.09 bits per heavy atom. The summed E-state index contributed by atoms with van der Waals surface area (Å²) < 4.78 is 9.55. The minimum absolute atomic E-state index is 0.0604. The van der Waals surface area contributed by atoms with Gasteiger partial charge in [0.25, 0.3) is 0 Å². The van der Waals surface area contributed by atoms with Crippen LogP contribution in [-0.2, 0) is 14.3 Å². The van der Waals surface area contributed by atoms with Gasteiger partial charge < -0.3 is 14.3 Å². The van der Waals surface area contributed by atoms with E-state index in [1.807, 2.05) is 0 Å². The summed E-state index contributed by atoms with van der Waals surface area (Å²) in [5.41, 5.74) is -0.175. The van der Waals surface area contributed by atoms with Gasteiger partial charge in [-0.1, -0.05) is 12.1 Å². The van der Waals surface area contributed by atoms with Crippen LogP contribution in [-0.4, -0.2) is 28.4 Å². The standard InChI is InChI=1S/C15H13NO6/c1-2-21-15(20)12(18)8-9(17)7-11-14(19)22-13-6-4-3-5-10(13)16-11/h3-7,17H,2,8H2,1H3/b9-7-. The second kappa shape index (κ2) is 6.66. The molecule has 0 saturated heterocycles. The van der Waals surface area contributed by atoms with E-state index in [-0.39, 0.29) is 12.3 Å². The van der Waals surface area contributed by atoms with Crippen LogP contribution in [0.4, 0.5) is 0 Å². The maximum atomic E-state index is 11.7. The van der Waals surface area contributed by atoms with Gasteiger partial charge in [0.2, 0.25) is 5.78 Å². The summed E-state index contributed by atoms with van der Waals surface area (Å²) in [7, 11) is 0. The van der Waals surface area contributed by atoms with Gasteiger partial charge in [0.15, 0.2) is 11.3 Å². The van der Waals surface area contributed by atoms with Crippen LogP contribution in [0.25, 0.3) is 17.2 Å². The molecule has 7 heteroatoms. The highest BCUT2D eigenvalue weighted by Crippen LogP contribution is 2.11. The van der Waals surface area contributed by atoms with Crippen molar-refractivity contribution in [2.75, 3.05) is 6.61 Å². The molecule has 22 heavy (non-hydrogen) atoms. The van der Waals surface area contributed by atoms with E-state index in [1.165, 1.54) is 0 Å². The molecule has 0 bridgehead atoms. The van der Waals surface area contributed by atoms with Gasteiger partial charge in [-0.05, 0) is 19.1 Å². The molecule has 0 unspecified atom stereocenters. The summed E-state index contributed by atoms with van der Waals surface area (Å²) in [6.45, 7) is 1.62. The normalized spacial score (nSPS) is 11.4. The highest BCUT2D eigenvalue weighted by Gasteiger charge is 2.17. The Bertz CT molecular complexity index is 805. The van der Waals surface area contributed by atoms with E-state index >= 15 is 0 Å². The van der Waals surface area contributed by atoms with Crippen LogP contribution in [0.5, 0.6) is 0 Å². The average Bonchev–Trinajstić information content (AvgIpc) is 2.48. The molecule has 0 spiro atoms. The molecule has 1 aromatic carbocycles. The molecule has 0 fully saturated rings. The van der Waals surface area contributed by atoms with E-state index in [9.17, 15) is 19.5 Å². The fourth-order valence-corrected chi connectivity index (χ4v) is 1.71. The number of aromatic nitrogens is 1. The first kappa shape index (κ1) is 15.4. The zero-order chi connectivity index (χ0) is 16.1. The molecule has 0 radical (unpaired) electrons. The van der Waals surface area contributed by atoms with E-state index in [1.54, 1.807) is 31.2 Å². The Balaban J connectivity index is 2.25. The number of carbonyl (C=O) groups is 2. The molecule has 1 heterocycles. The third kappa shape index (κ3) is 3.57. The lowest BCUT2D eigenvalue weighted by Gasteiger charge is -2.01. The number of esters is 1. The largest absolute Gasteiger partial charge is 0.512 e. The number of hydrogen-bond donors (Lipinski definition) is 1. The molecular weight excluding hydrogens is 290 g/mol. The minimum atomic E-state index is -1.04. The molecule has 0 aliphatic heterocycles. The molecule has 114 valence electrons. The molecule has 1 aromatic heterocycles. The third-order valence-corrected chi connectivity index (χ3v) is 2.67. The van der Waals surface area contributed by atoms with Crippen LogP contribution in [0.2, 0.25) is 0 Å². The summed E-state index contributed by atoms with van der Waals surface area (Å²) in [5.74, 6) is -2.44. The van der Waals surface area contributed by atoms with Crippen molar-refractivity contribution in [1.29, 1.82) is 0 Å². The molecule has 0 saturated carbocycles. The van der Waals surface area contributed by atoms with Crippen molar-refractivity contribution in [3.63, 3.8) is 0 Å². The summed E-state index contributed by atoms with van der Waals surface area (Å²) >= 11 is 0. The number of rotatable bonds is 5. The first-order valence-corrected chi connectivity index (χ1v) is 6.50. The van der Waals surface area contributed by atoms with E-state index in [2.05, 4.69) is 9.72 Å². The van der Waals surface area contributed by atoms with Gasteiger partial charge in [-0.2, -0.15) is 0 Å². The molecular formula is C15H13NO6. The van der Waals surface area contributed by atoms with E-state index in [4.69, 9.17) is 4.42 Å². The topological polar surface area (TPSA) is 107 Å². The molecule has 2 aromatic rings. The van der Waals surface area contributed by atoms with Gasteiger partial charge in [-0.3, -0.25) is 4.79 Å². The number of ketones is 1. The van der Waals surface area contributed by atoms with Crippen molar-refractivity contribution in [3.8, 4) is 0 Å². The molecule has 0 amide bonds. The van der Waals surface area contributed by atoms with Crippen LogP contribution >= 0.6 is 0 Å².